The van der Waals surface area contributed by atoms with Gasteiger partial charge in [-0.1, -0.05) is 41.9 Å². The number of nitrogens with one attached hydrogen (secondary N) is 2. The third-order valence-corrected chi connectivity index (χ3v) is 6.54. The Morgan fingerprint density at radius 3 is 2.69 bits per heavy atom. The van der Waals surface area contributed by atoms with E-state index < -0.39 is 0 Å². The van der Waals surface area contributed by atoms with Gasteiger partial charge in [-0.3, -0.25) is 4.79 Å². The second-order valence-electron chi connectivity index (χ2n) is 8.36. The molecule has 2 fully saturated rings. The molecule has 3 heterocycles. The molecule has 0 bridgehead atoms. The summed E-state index contributed by atoms with van der Waals surface area (Å²) in [5.74, 6) is 1.70. The largest absolute Gasteiger partial charge is 0.353 e. The van der Waals surface area contributed by atoms with Crippen molar-refractivity contribution in [2.75, 3.05) is 49.5 Å². The number of hydrogen-bond donors (Lipinski definition) is 2. The monoisotopic (exact) mass is 450 g/mol. The van der Waals surface area contributed by atoms with E-state index in [0.29, 0.717) is 23.9 Å². The molecule has 2 aliphatic heterocycles. The zero-order valence-corrected chi connectivity index (χ0v) is 18.7. The SMILES string of the molecule is O=C(Cc1ccccc1Cl)N1CC[C@H](Nc2nc(N3CCNCC3)c3ccccc3n2)C1. The van der Waals surface area contributed by atoms with Gasteiger partial charge in [0.1, 0.15) is 5.82 Å². The van der Waals surface area contributed by atoms with Gasteiger partial charge in [0.15, 0.2) is 0 Å². The Hall–Kier alpha value is -2.90. The number of anilines is 2. The number of nitrogens with zero attached hydrogens (tertiary/aromatic N) is 4. The van der Waals surface area contributed by atoms with Crippen LogP contribution in [0.25, 0.3) is 10.9 Å². The molecule has 1 atom stereocenters. The molecule has 1 amide bonds. The second-order valence-corrected chi connectivity index (χ2v) is 8.77. The van der Waals surface area contributed by atoms with Gasteiger partial charge in [-0.05, 0) is 30.2 Å². The van der Waals surface area contributed by atoms with Gasteiger partial charge in [-0.25, -0.2) is 4.98 Å². The van der Waals surface area contributed by atoms with Gasteiger partial charge in [0.05, 0.1) is 11.9 Å². The Balaban J connectivity index is 1.30. The lowest BCUT2D eigenvalue weighted by Gasteiger charge is -2.29. The van der Waals surface area contributed by atoms with E-state index in [1.54, 1.807) is 0 Å². The molecule has 166 valence electrons. The number of carbonyl (C=O) groups excluding carboxylic acids is 1. The maximum atomic E-state index is 12.8. The summed E-state index contributed by atoms with van der Waals surface area (Å²) >= 11 is 6.23. The van der Waals surface area contributed by atoms with Crippen LogP contribution in [-0.4, -0.2) is 66.1 Å². The van der Waals surface area contributed by atoms with Crippen LogP contribution < -0.4 is 15.5 Å². The van der Waals surface area contributed by atoms with E-state index in [4.69, 9.17) is 21.6 Å². The molecule has 8 heteroatoms. The Morgan fingerprint density at radius 2 is 1.84 bits per heavy atom. The molecular formula is C24H27ClN6O. The van der Waals surface area contributed by atoms with E-state index in [1.807, 2.05) is 47.4 Å². The molecule has 1 aromatic heterocycles. The summed E-state index contributed by atoms with van der Waals surface area (Å²) in [4.78, 5) is 26.7. The third-order valence-electron chi connectivity index (χ3n) is 6.17. The van der Waals surface area contributed by atoms with Crippen LogP contribution in [0.2, 0.25) is 5.02 Å². The quantitative estimate of drug-likeness (QED) is 0.622. The predicted octanol–water partition coefficient (Wildman–Crippen LogP) is 2.95. The van der Waals surface area contributed by atoms with Crippen molar-refractivity contribution in [3.63, 3.8) is 0 Å². The summed E-state index contributed by atoms with van der Waals surface area (Å²) < 4.78 is 0. The fourth-order valence-electron chi connectivity index (χ4n) is 4.45. The number of aromatic nitrogens is 2. The summed E-state index contributed by atoms with van der Waals surface area (Å²) in [7, 11) is 0. The summed E-state index contributed by atoms with van der Waals surface area (Å²) in [6.45, 7) is 5.11. The molecule has 7 nitrogen and oxygen atoms in total. The van der Waals surface area contributed by atoms with E-state index in [0.717, 1.165) is 61.4 Å². The van der Waals surface area contributed by atoms with Crippen molar-refractivity contribution in [2.24, 2.45) is 0 Å². The Morgan fingerprint density at radius 1 is 1.06 bits per heavy atom. The van der Waals surface area contributed by atoms with Crippen LogP contribution >= 0.6 is 11.6 Å². The highest BCUT2D eigenvalue weighted by molar-refractivity contribution is 6.31. The van der Waals surface area contributed by atoms with Gasteiger partial charge >= 0.3 is 0 Å². The van der Waals surface area contributed by atoms with Gasteiger partial charge < -0.3 is 20.4 Å². The van der Waals surface area contributed by atoms with E-state index >= 15 is 0 Å². The summed E-state index contributed by atoms with van der Waals surface area (Å²) in [5.41, 5.74) is 1.80. The van der Waals surface area contributed by atoms with Crippen molar-refractivity contribution < 1.29 is 4.79 Å². The minimum atomic E-state index is 0.100. The lowest BCUT2D eigenvalue weighted by molar-refractivity contribution is -0.129. The fourth-order valence-corrected chi connectivity index (χ4v) is 4.65. The number of amides is 1. The van der Waals surface area contributed by atoms with Gasteiger partial charge in [-0.15, -0.1) is 0 Å². The third kappa shape index (κ3) is 4.49. The lowest BCUT2D eigenvalue weighted by Crippen LogP contribution is -2.44. The van der Waals surface area contributed by atoms with Crippen molar-refractivity contribution in [1.29, 1.82) is 0 Å². The van der Waals surface area contributed by atoms with Crippen LogP contribution in [0.5, 0.6) is 0 Å². The highest BCUT2D eigenvalue weighted by Gasteiger charge is 2.27. The average molecular weight is 451 g/mol. The summed E-state index contributed by atoms with van der Waals surface area (Å²) in [6, 6.07) is 15.8. The molecule has 2 saturated heterocycles. The number of piperazine rings is 1. The number of rotatable bonds is 5. The van der Waals surface area contributed by atoms with E-state index in [1.165, 1.54) is 0 Å². The molecule has 0 radical (unpaired) electrons. The van der Waals surface area contributed by atoms with Gasteiger partial charge in [0.2, 0.25) is 11.9 Å². The highest BCUT2D eigenvalue weighted by Crippen LogP contribution is 2.26. The van der Waals surface area contributed by atoms with Crippen molar-refractivity contribution in [2.45, 2.75) is 18.9 Å². The zero-order valence-electron chi connectivity index (χ0n) is 17.9. The van der Waals surface area contributed by atoms with Gasteiger partial charge in [-0.2, -0.15) is 4.98 Å². The van der Waals surface area contributed by atoms with Crippen molar-refractivity contribution in [3.05, 3.63) is 59.1 Å². The Bertz CT molecular complexity index is 1120. The highest BCUT2D eigenvalue weighted by atomic mass is 35.5. The number of fused-ring (bicyclic) bond motifs is 1. The van der Waals surface area contributed by atoms with Crippen LogP contribution in [-0.2, 0) is 11.2 Å². The van der Waals surface area contributed by atoms with Crippen LogP contribution in [0.15, 0.2) is 48.5 Å². The number of likely N-dealkylation sites (tertiary alicyclic amines) is 1. The molecule has 3 aromatic rings. The minimum absolute atomic E-state index is 0.100. The standard InChI is InChI=1S/C24H27ClN6O/c25-20-7-3-1-5-17(20)15-22(32)31-12-9-18(16-31)27-24-28-21-8-4-2-6-19(21)23(29-24)30-13-10-26-11-14-30/h1-8,18,26H,9-16H2,(H,27,28,29)/t18-/m0/s1. The van der Waals surface area contributed by atoms with E-state index in [2.05, 4.69) is 21.6 Å². The molecule has 0 saturated carbocycles. The van der Waals surface area contributed by atoms with Crippen LogP contribution in [0.3, 0.4) is 0 Å². The molecule has 5 rings (SSSR count). The zero-order chi connectivity index (χ0) is 21.9. The number of halogens is 1. The number of benzene rings is 2. The predicted molar refractivity (Wildman–Crippen MR) is 128 cm³/mol. The molecule has 2 N–H and O–H groups in total. The average Bonchev–Trinajstić information content (AvgIpc) is 3.29. The Kier molecular flexibility index (Phi) is 6.10. The van der Waals surface area contributed by atoms with Crippen molar-refractivity contribution >= 4 is 40.2 Å². The fraction of sp³-hybridized carbons (Fsp3) is 0.375. The van der Waals surface area contributed by atoms with E-state index in [-0.39, 0.29) is 11.9 Å². The van der Waals surface area contributed by atoms with Gasteiger partial charge in [0.25, 0.3) is 0 Å². The maximum Gasteiger partial charge on any atom is 0.227 e. The number of para-hydroxylation sites is 1. The lowest BCUT2D eigenvalue weighted by atomic mass is 10.1. The summed E-state index contributed by atoms with van der Waals surface area (Å²) in [6.07, 6.45) is 1.19. The number of carbonyl (C=O) groups is 1. The first-order valence-corrected chi connectivity index (χ1v) is 11.6. The molecule has 2 aliphatic rings. The minimum Gasteiger partial charge on any atom is -0.353 e. The molecule has 0 unspecified atom stereocenters. The molecular weight excluding hydrogens is 424 g/mol. The molecule has 0 spiro atoms. The first-order valence-electron chi connectivity index (χ1n) is 11.2. The van der Waals surface area contributed by atoms with Crippen LogP contribution in [0.4, 0.5) is 11.8 Å². The summed E-state index contributed by atoms with van der Waals surface area (Å²) in [5, 5.41) is 8.59. The first kappa shape index (κ1) is 21.0. The normalized spacial score (nSPS) is 18.8. The topological polar surface area (TPSA) is 73.4 Å². The Labute approximate surface area is 192 Å². The maximum absolute atomic E-state index is 12.8. The smallest absolute Gasteiger partial charge is 0.227 e. The second kappa shape index (κ2) is 9.30. The van der Waals surface area contributed by atoms with E-state index in [9.17, 15) is 4.79 Å². The van der Waals surface area contributed by atoms with Crippen molar-refractivity contribution in [1.82, 2.24) is 20.2 Å². The van der Waals surface area contributed by atoms with Crippen molar-refractivity contribution in [3.8, 4) is 0 Å². The molecule has 2 aromatic carbocycles. The van der Waals surface area contributed by atoms with Gasteiger partial charge in [0, 0.05) is 55.7 Å². The molecule has 0 aliphatic carbocycles. The molecule has 32 heavy (non-hydrogen) atoms. The van der Waals surface area contributed by atoms with Crippen LogP contribution in [0.1, 0.15) is 12.0 Å². The number of hydrogen-bond acceptors (Lipinski definition) is 6. The van der Waals surface area contributed by atoms with Crippen LogP contribution in [0, 0.1) is 0 Å². The first-order chi connectivity index (χ1) is 15.7.